The van der Waals surface area contributed by atoms with E-state index in [1.807, 2.05) is 90.3 Å². The van der Waals surface area contributed by atoms with Gasteiger partial charge in [-0.25, -0.2) is 0 Å². The fourth-order valence-corrected chi connectivity index (χ4v) is 4.40. The number of benzene rings is 3. The van der Waals surface area contributed by atoms with Crippen molar-refractivity contribution in [1.29, 1.82) is 0 Å². The fraction of sp³-hybridized carbons (Fsp3) is 0. The third-order valence-electron chi connectivity index (χ3n) is 5.46. The average molecular weight is 441 g/mol. The number of carbonyl (C=O) groups is 1. The first kappa shape index (κ1) is 20.7. The van der Waals surface area contributed by atoms with Gasteiger partial charge in [-0.2, -0.15) is 0 Å². The highest BCUT2D eigenvalue weighted by Crippen LogP contribution is 2.29. The Kier molecular flexibility index (Phi) is 5.97. The fourth-order valence-electron chi connectivity index (χ4n) is 3.83. The lowest BCUT2D eigenvalue weighted by atomic mass is 9.89. The maximum atomic E-state index is 12.8. The summed E-state index contributed by atoms with van der Waals surface area (Å²) < 4.78 is 0. The molecule has 2 heteroatoms. The van der Waals surface area contributed by atoms with Gasteiger partial charge in [0.1, 0.15) is 0 Å². The molecule has 1 aromatic heterocycles. The molecule has 5 rings (SSSR count). The van der Waals surface area contributed by atoms with Gasteiger partial charge in [0.05, 0.1) is 4.88 Å². The Morgan fingerprint density at radius 2 is 1.48 bits per heavy atom. The van der Waals surface area contributed by atoms with Gasteiger partial charge in [-0.15, -0.1) is 11.3 Å². The standard InChI is InChI=1S/C31H20OS/c32-31-20-15-26-22-23(13-16-27-12-7-21-33-27)14-17-29(26)30(31)19-18-28(24-8-3-1-4-9-24)25-10-5-2-6-11-25/h1-12,14-15,17-22H/b30-19-. The van der Waals surface area contributed by atoms with Crippen LogP contribution in [0.15, 0.2) is 115 Å². The summed E-state index contributed by atoms with van der Waals surface area (Å²) >= 11 is 1.63. The van der Waals surface area contributed by atoms with Crippen LogP contribution in [0.2, 0.25) is 0 Å². The van der Waals surface area contributed by atoms with Crippen LogP contribution in [0.3, 0.4) is 0 Å². The molecule has 0 radical (unpaired) electrons. The van der Waals surface area contributed by atoms with Crippen LogP contribution in [0, 0.1) is 11.8 Å². The first-order valence-corrected chi connectivity index (χ1v) is 11.6. The van der Waals surface area contributed by atoms with Crippen molar-refractivity contribution < 1.29 is 4.79 Å². The summed E-state index contributed by atoms with van der Waals surface area (Å²) in [5, 5.41) is 2.02. The highest BCUT2D eigenvalue weighted by molar-refractivity contribution is 7.10. The van der Waals surface area contributed by atoms with Gasteiger partial charge in [-0.05, 0) is 63.6 Å². The van der Waals surface area contributed by atoms with Crippen LogP contribution >= 0.6 is 11.3 Å². The van der Waals surface area contributed by atoms with Crippen molar-refractivity contribution in [2.75, 3.05) is 0 Å². The van der Waals surface area contributed by atoms with E-state index in [2.05, 4.69) is 36.1 Å². The monoisotopic (exact) mass is 440 g/mol. The second kappa shape index (κ2) is 9.53. The normalized spacial score (nSPS) is 13.2. The number of hydrogen-bond acceptors (Lipinski definition) is 2. The van der Waals surface area contributed by atoms with Crippen molar-refractivity contribution in [1.82, 2.24) is 0 Å². The van der Waals surface area contributed by atoms with Crippen LogP contribution < -0.4 is 0 Å². The molecular weight excluding hydrogens is 420 g/mol. The van der Waals surface area contributed by atoms with E-state index < -0.39 is 0 Å². The Balaban J connectivity index is 1.55. The second-order valence-electron chi connectivity index (χ2n) is 7.62. The van der Waals surface area contributed by atoms with Crippen LogP contribution in [-0.2, 0) is 4.79 Å². The topological polar surface area (TPSA) is 17.1 Å². The molecule has 1 heterocycles. The maximum absolute atomic E-state index is 12.8. The zero-order chi connectivity index (χ0) is 22.5. The number of hydrogen-bond donors (Lipinski definition) is 0. The second-order valence-corrected chi connectivity index (χ2v) is 8.57. The molecule has 0 fully saturated rings. The van der Waals surface area contributed by atoms with Crippen LogP contribution in [0.4, 0.5) is 0 Å². The van der Waals surface area contributed by atoms with Crippen molar-refractivity contribution in [3.8, 4) is 11.8 Å². The van der Waals surface area contributed by atoms with Gasteiger partial charge in [0.2, 0.25) is 0 Å². The molecule has 1 aliphatic carbocycles. The van der Waals surface area contributed by atoms with Gasteiger partial charge in [0, 0.05) is 11.1 Å². The number of carbonyl (C=O) groups excluding carboxylic acids is 1. The molecule has 0 aliphatic heterocycles. The van der Waals surface area contributed by atoms with Gasteiger partial charge in [0.15, 0.2) is 5.78 Å². The lowest BCUT2D eigenvalue weighted by Gasteiger charge is -2.14. The zero-order valence-corrected chi connectivity index (χ0v) is 18.7. The summed E-state index contributed by atoms with van der Waals surface area (Å²) in [4.78, 5) is 13.8. The van der Waals surface area contributed by atoms with Crippen molar-refractivity contribution in [3.63, 3.8) is 0 Å². The summed E-state index contributed by atoms with van der Waals surface area (Å²) in [7, 11) is 0. The molecule has 0 spiro atoms. The van der Waals surface area contributed by atoms with Crippen molar-refractivity contribution >= 4 is 34.3 Å². The van der Waals surface area contributed by atoms with Crippen LogP contribution in [0.25, 0.3) is 17.2 Å². The zero-order valence-electron chi connectivity index (χ0n) is 17.9. The van der Waals surface area contributed by atoms with Gasteiger partial charge < -0.3 is 0 Å². The summed E-state index contributed by atoms with van der Waals surface area (Å²) in [6.07, 6.45) is 7.51. The van der Waals surface area contributed by atoms with Gasteiger partial charge >= 0.3 is 0 Å². The Morgan fingerprint density at radius 3 is 2.15 bits per heavy atom. The summed E-state index contributed by atoms with van der Waals surface area (Å²) in [5.74, 6) is 6.43. The van der Waals surface area contributed by atoms with E-state index in [0.29, 0.717) is 5.57 Å². The Morgan fingerprint density at radius 1 is 0.758 bits per heavy atom. The molecule has 1 nitrogen and oxygen atoms in total. The molecule has 4 aromatic rings. The Labute approximate surface area is 198 Å². The first-order chi connectivity index (χ1) is 16.3. The van der Waals surface area contributed by atoms with Gasteiger partial charge in [0.25, 0.3) is 0 Å². The summed E-state index contributed by atoms with van der Waals surface area (Å²) in [5.41, 5.74) is 6.86. The van der Waals surface area contributed by atoms with Crippen molar-refractivity contribution in [2.45, 2.75) is 0 Å². The van der Waals surface area contributed by atoms with Crippen molar-refractivity contribution in [2.24, 2.45) is 0 Å². The average Bonchev–Trinajstić information content (AvgIpc) is 3.39. The molecule has 0 N–H and O–H groups in total. The largest absolute Gasteiger partial charge is 0.289 e. The van der Waals surface area contributed by atoms with Crippen LogP contribution in [-0.4, -0.2) is 5.78 Å². The maximum Gasteiger partial charge on any atom is 0.186 e. The van der Waals surface area contributed by atoms with Gasteiger partial charge in [-0.1, -0.05) is 96.8 Å². The number of allylic oxidation sites excluding steroid dienone is 4. The molecule has 0 saturated carbocycles. The molecule has 156 valence electrons. The van der Waals surface area contributed by atoms with E-state index in [1.54, 1.807) is 17.4 Å². The van der Waals surface area contributed by atoms with Gasteiger partial charge in [-0.3, -0.25) is 4.79 Å². The SMILES string of the molecule is O=C1C=Cc2cc(C#Cc3cccs3)ccc2/C1=C/C=C(c1ccccc1)c1ccccc1. The number of ketones is 1. The highest BCUT2D eigenvalue weighted by Gasteiger charge is 2.17. The molecule has 33 heavy (non-hydrogen) atoms. The number of fused-ring (bicyclic) bond motifs is 1. The van der Waals surface area contributed by atoms with E-state index >= 15 is 0 Å². The Hall–Kier alpha value is -4.19. The van der Waals surface area contributed by atoms with Crippen LogP contribution in [0.1, 0.15) is 32.7 Å². The van der Waals surface area contributed by atoms with E-state index in [9.17, 15) is 4.79 Å². The van der Waals surface area contributed by atoms with E-state index in [4.69, 9.17) is 0 Å². The summed E-state index contributed by atoms with van der Waals surface area (Å²) in [6, 6.07) is 30.5. The Bertz CT molecular complexity index is 1400. The van der Waals surface area contributed by atoms with E-state index in [-0.39, 0.29) is 5.78 Å². The molecular formula is C31H20OS. The predicted molar refractivity (Wildman–Crippen MR) is 139 cm³/mol. The third kappa shape index (κ3) is 4.70. The lowest BCUT2D eigenvalue weighted by Crippen LogP contribution is -2.04. The highest BCUT2D eigenvalue weighted by atomic mass is 32.1. The van der Waals surface area contributed by atoms with E-state index in [1.165, 1.54) is 0 Å². The molecule has 0 amide bonds. The third-order valence-corrected chi connectivity index (χ3v) is 6.24. The number of rotatable bonds is 3. The van der Waals surface area contributed by atoms with Crippen LogP contribution in [0.5, 0.6) is 0 Å². The molecule has 0 unspecified atom stereocenters. The minimum atomic E-state index is 0.0108. The molecule has 0 saturated heterocycles. The van der Waals surface area contributed by atoms with E-state index in [0.717, 1.165) is 38.3 Å². The lowest BCUT2D eigenvalue weighted by molar-refractivity contribution is -0.109. The predicted octanol–water partition coefficient (Wildman–Crippen LogP) is 7.26. The molecule has 0 atom stereocenters. The quantitative estimate of drug-likeness (QED) is 0.242. The molecule has 3 aromatic carbocycles. The first-order valence-electron chi connectivity index (χ1n) is 10.7. The molecule has 0 bridgehead atoms. The van der Waals surface area contributed by atoms with Crippen molar-refractivity contribution in [3.05, 3.63) is 147 Å². The minimum Gasteiger partial charge on any atom is -0.289 e. The summed E-state index contributed by atoms with van der Waals surface area (Å²) in [6.45, 7) is 0. The minimum absolute atomic E-state index is 0.0108. The number of thiophene rings is 1. The smallest absolute Gasteiger partial charge is 0.186 e. The molecule has 1 aliphatic rings.